The average molecular weight is 216 g/mol. The number of hydrogen-bond acceptors (Lipinski definition) is 3. The summed E-state index contributed by atoms with van der Waals surface area (Å²) in [6.45, 7) is 0.352. The van der Waals surface area contributed by atoms with Crippen LogP contribution in [-0.4, -0.2) is 17.3 Å². The Morgan fingerprint density at radius 1 is 1.27 bits per heavy atom. The third-order valence-corrected chi connectivity index (χ3v) is 2.14. The molecule has 6 heteroatoms. The van der Waals surface area contributed by atoms with Crippen molar-refractivity contribution in [2.75, 3.05) is 6.54 Å². The number of pyridine rings is 1. The van der Waals surface area contributed by atoms with Crippen molar-refractivity contribution >= 4 is 5.78 Å². The van der Waals surface area contributed by atoms with Crippen molar-refractivity contribution < 1.29 is 18.0 Å². The number of hydrogen-bond donors (Lipinski definition) is 1. The summed E-state index contributed by atoms with van der Waals surface area (Å²) < 4.78 is 36.9. The van der Waals surface area contributed by atoms with Gasteiger partial charge in [0.05, 0.1) is 12.2 Å². The summed E-state index contributed by atoms with van der Waals surface area (Å²) in [5.41, 5.74) is -0.513. The number of alkyl halides is 3. The van der Waals surface area contributed by atoms with Gasteiger partial charge in [0.15, 0.2) is 5.78 Å². The van der Waals surface area contributed by atoms with E-state index < -0.39 is 11.9 Å². The number of aromatic nitrogens is 1. The number of ketones is 1. The number of carbonyl (C=O) groups excluding carboxylic acids is 1. The van der Waals surface area contributed by atoms with Crippen LogP contribution in [0.2, 0.25) is 0 Å². The van der Waals surface area contributed by atoms with E-state index in [0.717, 1.165) is 6.07 Å². The average Bonchev–Trinajstić information content (AvgIpc) is 2.16. The highest BCUT2D eigenvalue weighted by atomic mass is 19.4. The Morgan fingerprint density at radius 2 is 2.00 bits per heavy atom. The van der Waals surface area contributed by atoms with Gasteiger partial charge >= 0.3 is 6.18 Å². The van der Waals surface area contributed by atoms with Crippen LogP contribution in [-0.2, 0) is 12.7 Å². The first kappa shape index (κ1) is 10.1. The van der Waals surface area contributed by atoms with E-state index in [4.69, 9.17) is 0 Å². The van der Waals surface area contributed by atoms with Crippen LogP contribution in [0.15, 0.2) is 12.1 Å². The summed E-state index contributed by atoms with van der Waals surface area (Å²) in [7, 11) is 0. The van der Waals surface area contributed by atoms with E-state index in [1.165, 1.54) is 6.07 Å². The maximum Gasteiger partial charge on any atom is 0.433 e. The number of Topliss-reactive ketones (excluding diaryl/α,β-unsaturated/α-hetero) is 1. The van der Waals surface area contributed by atoms with Crippen molar-refractivity contribution in [2.45, 2.75) is 12.7 Å². The molecule has 0 amide bonds. The molecule has 1 aliphatic rings. The molecule has 0 saturated carbocycles. The summed E-state index contributed by atoms with van der Waals surface area (Å²) in [5.74, 6) is -0.225. The van der Waals surface area contributed by atoms with Gasteiger partial charge in [-0.25, -0.2) is 4.98 Å². The topological polar surface area (TPSA) is 42.0 Å². The number of rotatable bonds is 0. The zero-order valence-electron chi connectivity index (χ0n) is 7.56. The maximum absolute atomic E-state index is 12.3. The van der Waals surface area contributed by atoms with E-state index in [9.17, 15) is 18.0 Å². The highest BCUT2D eigenvalue weighted by Gasteiger charge is 2.33. The molecule has 0 aliphatic carbocycles. The molecule has 0 saturated heterocycles. The van der Waals surface area contributed by atoms with Crippen molar-refractivity contribution in [3.05, 3.63) is 29.1 Å². The van der Waals surface area contributed by atoms with Crippen LogP contribution in [0.1, 0.15) is 21.7 Å². The van der Waals surface area contributed by atoms with E-state index in [2.05, 4.69) is 10.3 Å². The second kappa shape index (κ2) is 3.30. The molecule has 0 bridgehead atoms. The molecular weight excluding hydrogens is 209 g/mol. The SMILES string of the molecule is O=C1CNCc2nc(C(F)(F)F)ccc21. The minimum absolute atomic E-state index is 0.153. The number of fused-ring (bicyclic) bond motifs is 1. The van der Waals surface area contributed by atoms with Gasteiger partial charge in [0, 0.05) is 12.1 Å². The monoisotopic (exact) mass is 216 g/mol. The molecule has 1 N–H and O–H groups in total. The van der Waals surface area contributed by atoms with Crippen LogP contribution < -0.4 is 5.32 Å². The highest BCUT2D eigenvalue weighted by Crippen LogP contribution is 2.28. The molecule has 0 aromatic carbocycles. The Hall–Kier alpha value is -1.43. The van der Waals surface area contributed by atoms with Crippen molar-refractivity contribution in [3.63, 3.8) is 0 Å². The zero-order valence-corrected chi connectivity index (χ0v) is 7.56. The Bertz CT molecular complexity index is 414. The fourth-order valence-electron chi connectivity index (χ4n) is 1.44. The highest BCUT2D eigenvalue weighted by molar-refractivity contribution is 5.99. The summed E-state index contributed by atoms with van der Waals surface area (Å²) in [4.78, 5) is 14.7. The predicted molar refractivity (Wildman–Crippen MR) is 45.3 cm³/mol. The summed E-state index contributed by atoms with van der Waals surface area (Å²) in [5, 5.41) is 2.69. The molecular formula is C9H7F3N2O. The van der Waals surface area contributed by atoms with Crippen LogP contribution in [0.5, 0.6) is 0 Å². The lowest BCUT2D eigenvalue weighted by Gasteiger charge is -2.16. The molecule has 1 aliphatic heterocycles. The lowest BCUT2D eigenvalue weighted by molar-refractivity contribution is -0.141. The normalized spacial score (nSPS) is 16.3. The van der Waals surface area contributed by atoms with E-state index in [1.54, 1.807) is 0 Å². The van der Waals surface area contributed by atoms with Gasteiger partial charge in [-0.1, -0.05) is 0 Å². The molecule has 0 unspecified atom stereocenters. The van der Waals surface area contributed by atoms with Gasteiger partial charge in [-0.2, -0.15) is 13.2 Å². The van der Waals surface area contributed by atoms with Gasteiger partial charge < -0.3 is 5.32 Å². The largest absolute Gasteiger partial charge is 0.433 e. The molecule has 0 atom stereocenters. The molecule has 2 heterocycles. The number of carbonyl (C=O) groups is 1. The second-order valence-corrected chi connectivity index (χ2v) is 3.22. The number of nitrogens with one attached hydrogen (secondary N) is 1. The van der Waals surface area contributed by atoms with E-state index >= 15 is 0 Å². The molecule has 2 rings (SSSR count). The van der Waals surface area contributed by atoms with Crippen LogP contribution in [0.3, 0.4) is 0 Å². The standard InChI is InChI=1S/C9H7F3N2O/c10-9(11,12)8-2-1-5-6(14-8)3-13-4-7(5)15/h1-2,13H,3-4H2. The summed E-state index contributed by atoms with van der Waals surface area (Å²) in [6, 6.07) is 2.02. The molecule has 1 aromatic heterocycles. The molecule has 0 spiro atoms. The lowest BCUT2D eigenvalue weighted by atomic mass is 10.0. The number of halogens is 3. The minimum atomic E-state index is -4.46. The lowest BCUT2D eigenvalue weighted by Crippen LogP contribution is -2.31. The van der Waals surface area contributed by atoms with Crippen LogP contribution >= 0.6 is 0 Å². The third kappa shape index (κ3) is 1.85. The molecule has 80 valence electrons. The van der Waals surface area contributed by atoms with E-state index in [0.29, 0.717) is 0 Å². The third-order valence-electron chi connectivity index (χ3n) is 2.14. The van der Waals surface area contributed by atoms with Crippen LogP contribution in [0.25, 0.3) is 0 Å². The Balaban J connectivity index is 2.46. The molecule has 3 nitrogen and oxygen atoms in total. The number of nitrogens with zero attached hydrogens (tertiary/aromatic N) is 1. The zero-order chi connectivity index (χ0) is 11.1. The van der Waals surface area contributed by atoms with Gasteiger partial charge in [0.25, 0.3) is 0 Å². The van der Waals surface area contributed by atoms with E-state index in [1.807, 2.05) is 0 Å². The van der Waals surface area contributed by atoms with Crippen molar-refractivity contribution in [2.24, 2.45) is 0 Å². The molecule has 1 aromatic rings. The summed E-state index contributed by atoms with van der Waals surface area (Å²) >= 11 is 0. The first-order valence-electron chi connectivity index (χ1n) is 4.29. The molecule has 15 heavy (non-hydrogen) atoms. The van der Waals surface area contributed by atoms with Gasteiger partial charge in [-0.15, -0.1) is 0 Å². The maximum atomic E-state index is 12.3. The molecule has 0 fully saturated rings. The summed E-state index contributed by atoms with van der Waals surface area (Å²) in [6.07, 6.45) is -4.46. The van der Waals surface area contributed by atoms with Crippen molar-refractivity contribution in [1.82, 2.24) is 10.3 Å². The van der Waals surface area contributed by atoms with Crippen LogP contribution in [0.4, 0.5) is 13.2 Å². The predicted octanol–water partition coefficient (Wildman–Crippen LogP) is 1.39. The van der Waals surface area contributed by atoms with Gasteiger partial charge in [-0.3, -0.25) is 4.79 Å². The fourth-order valence-corrected chi connectivity index (χ4v) is 1.44. The van der Waals surface area contributed by atoms with Gasteiger partial charge in [-0.05, 0) is 12.1 Å². The Morgan fingerprint density at radius 3 is 2.67 bits per heavy atom. The fraction of sp³-hybridized carbons (Fsp3) is 0.333. The van der Waals surface area contributed by atoms with Crippen molar-refractivity contribution in [3.8, 4) is 0 Å². The van der Waals surface area contributed by atoms with E-state index in [-0.39, 0.29) is 30.1 Å². The Kier molecular flexibility index (Phi) is 2.22. The first-order chi connectivity index (χ1) is 6.98. The van der Waals surface area contributed by atoms with Gasteiger partial charge in [0.1, 0.15) is 5.69 Å². The van der Waals surface area contributed by atoms with Crippen LogP contribution in [0, 0.1) is 0 Å². The smallest absolute Gasteiger partial charge is 0.304 e. The van der Waals surface area contributed by atoms with Gasteiger partial charge in [0.2, 0.25) is 0 Å². The molecule has 0 radical (unpaired) electrons. The minimum Gasteiger partial charge on any atom is -0.304 e. The Labute approximate surface area is 83.3 Å². The second-order valence-electron chi connectivity index (χ2n) is 3.22. The first-order valence-corrected chi connectivity index (χ1v) is 4.29. The van der Waals surface area contributed by atoms with Crippen molar-refractivity contribution in [1.29, 1.82) is 0 Å². The quantitative estimate of drug-likeness (QED) is 0.712.